The maximum absolute atomic E-state index is 12.2. The molecule has 0 radical (unpaired) electrons. The maximum Gasteiger partial charge on any atom is 0.422 e. The van der Waals surface area contributed by atoms with Gasteiger partial charge in [0.2, 0.25) is 0 Å². The Hall–Kier alpha value is -3.05. The quantitative estimate of drug-likeness (QED) is 0.844. The molecular formula is C18H15F3N2O3. The molecule has 2 aromatic rings. The highest BCUT2D eigenvalue weighted by Gasteiger charge is 2.28. The molecule has 2 aromatic carbocycles. The number of hydrogen-bond donors (Lipinski definition) is 1. The zero-order valence-electron chi connectivity index (χ0n) is 13.8. The number of nitrogens with one attached hydrogen (secondary N) is 1. The second-order valence-electron chi connectivity index (χ2n) is 5.31. The number of nitriles is 1. The van der Waals surface area contributed by atoms with E-state index in [1.165, 1.54) is 18.2 Å². The number of rotatable bonds is 6. The molecule has 8 heteroatoms. The van der Waals surface area contributed by atoms with Crippen LogP contribution in [0, 0.1) is 11.3 Å². The van der Waals surface area contributed by atoms with Crippen LogP contribution in [0.3, 0.4) is 0 Å². The van der Waals surface area contributed by atoms with Gasteiger partial charge in [0.05, 0.1) is 12.2 Å². The third-order valence-electron chi connectivity index (χ3n) is 3.28. The Balaban J connectivity index is 2.09. The van der Waals surface area contributed by atoms with Crippen LogP contribution in [0.25, 0.3) is 0 Å². The minimum atomic E-state index is -4.51. The van der Waals surface area contributed by atoms with Crippen LogP contribution in [-0.4, -0.2) is 25.8 Å². The Morgan fingerprint density at radius 2 is 1.88 bits per heavy atom. The molecule has 2 rings (SSSR count). The molecule has 5 nitrogen and oxygen atoms in total. The average Bonchev–Trinajstić information content (AvgIpc) is 2.60. The van der Waals surface area contributed by atoms with Gasteiger partial charge in [-0.2, -0.15) is 18.4 Å². The number of alkyl halides is 3. The van der Waals surface area contributed by atoms with E-state index in [2.05, 4.69) is 10.1 Å². The molecule has 0 unspecified atom stereocenters. The number of ether oxygens (including phenoxy) is 2. The number of halogens is 3. The number of benzene rings is 2. The van der Waals surface area contributed by atoms with Crippen LogP contribution in [-0.2, 0) is 11.3 Å². The van der Waals surface area contributed by atoms with Gasteiger partial charge in [0.1, 0.15) is 11.8 Å². The molecule has 1 amide bonds. The molecule has 26 heavy (non-hydrogen) atoms. The second-order valence-corrected chi connectivity index (χ2v) is 5.31. The van der Waals surface area contributed by atoms with Crippen molar-refractivity contribution in [3.8, 4) is 11.8 Å². The smallest absolute Gasteiger partial charge is 0.422 e. The van der Waals surface area contributed by atoms with Crippen molar-refractivity contribution in [3.05, 3.63) is 59.2 Å². The number of amides is 1. The standard InChI is InChI=1S/C18H15F3N2O3/c1-25-10-12-2-4-13(5-3-12)17(24)23-15-6-7-16(14(8-15)9-22)26-11-18(19,20)21/h2-8H,10-11H2,1H3,(H,23,24). The number of nitrogens with zero attached hydrogens (tertiary/aromatic N) is 1. The van der Waals surface area contributed by atoms with Gasteiger partial charge >= 0.3 is 6.18 Å². The van der Waals surface area contributed by atoms with E-state index in [1.807, 2.05) is 0 Å². The lowest BCUT2D eigenvalue weighted by atomic mass is 10.1. The predicted molar refractivity (Wildman–Crippen MR) is 87.8 cm³/mol. The number of hydrogen-bond acceptors (Lipinski definition) is 4. The van der Waals surface area contributed by atoms with Crippen LogP contribution in [0.4, 0.5) is 18.9 Å². The Bertz CT molecular complexity index is 812. The Morgan fingerprint density at radius 1 is 1.19 bits per heavy atom. The fourth-order valence-corrected chi connectivity index (χ4v) is 2.10. The molecule has 1 N–H and O–H groups in total. The molecule has 0 aliphatic carbocycles. The normalized spacial score (nSPS) is 10.9. The number of carbonyl (C=O) groups is 1. The summed E-state index contributed by atoms with van der Waals surface area (Å²) in [4.78, 5) is 12.2. The van der Waals surface area contributed by atoms with Crippen molar-refractivity contribution in [1.29, 1.82) is 5.26 Å². The Labute approximate surface area is 148 Å². The first-order valence-electron chi connectivity index (χ1n) is 7.45. The second kappa shape index (κ2) is 8.36. The summed E-state index contributed by atoms with van der Waals surface area (Å²) >= 11 is 0. The third-order valence-corrected chi connectivity index (χ3v) is 3.28. The third kappa shape index (κ3) is 5.50. The van der Waals surface area contributed by atoms with Gasteiger partial charge in [-0.3, -0.25) is 4.79 Å². The zero-order valence-corrected chi connectivity index (χ0v) is 13.8. The molecule has 0 spiro atoms. The lowest BCUT2D eigenvalue weighted by Crippen LogP contribution is -2.19. The van der Waals surface area contributed by atoms with E-state index >= 15 is 0 Å². The molecular weight excluding hydrogens is 349 g/mol. The minimum Gasteiger partial charge on any atom is -0.483 e. The molecule has 0 heterocycles. The van der Waals surface area contributed by atoms with Crippen molar-refractivity contribution in [2.75, 3.05) is 19.0 Å². The first kappa shape index (κ1) is 19.3. The van der Waals surface area contributed by atoms with E-state index in [0.29, 0.717) is 12.2 Å². The van der Waals surface area contributed by atoms with Gasteiger partial charge in [0.25, 0.3) is 5.91 Å². The summed E-state index contributed by atoms with van der Waals surface area (Å²) in [5, 5.41) is 11.7. The van der Waals surface area contributed by atoms with E-state index in [-0.39, 0.29) is 17.0 Å². The summed E-state index contributed by atoms with van der Waals surface area (Å²) in [5.41, 5.74) is 1.46. The summed E-state index contributed by atoms with van der Waals surface area (Å²) in [5.74, 6) is -0.617. The molecule has 0 fully saturated rings. The summed E-state index contributed by atoms with van der Waals surface area (Å²) < 4.78 is 46.2. The van der Waals surface area contributed by atoms with Gasteiger partial charge in [-0.1, -0.05) is 12.1 Å². The summed E-state index contributed by atoms with van der Waals surface area (Å²) in [6.45, 7) is -1.08. The van der Waals surface area contributed by atoms with Gasteiger partial charge in [-0.25, -0.2) is 0 Å². The van der Waals surface area contributed by atoms with Crippen molar-refractivity contribution in [2.45, 2.75) is 12.8 Å². The van der Waals surface area contributed by atoms with Gasteiger partial charge in [-0.15, -0.1) is 0 Å². The van der Waals surface area contributed by atoms with Gasteiger partial charge in [0.15, 0.2) is 6.61 Å². The number of carbonyl (C=O) groups excluding carboxylic acids is 1. The Kier molecular flexibility index (Phi) is 6.20. The van der Waals surface area contributed by atoms with E-state index < -0.39 is 18.7 Å². The maximum atomic E-state index is 12.2. The van der Waals surface area contributed by atoms with E-state index in [1.54, 1.807) is 37.4 Å². The van der Waals surface area contributed by atoms with Crippen LogP contribution in [0.2, 0.25) is 0 Å². The lowest BCUT2D eigenvalue weighted by molar-refractivity contribution is -0.153. The van der Waals surface area contributed by atoms with Crippen LogP contribution in [0.15, 0.2) is 42.5 Å². The molecule has 136 valence electrons. The molecule has 0 atom stereocenters. The first-order chi connectivity index (χ1) is 12.3. The molecule has 0 aliphatic rings. The van der Waals surface area contributed by atoms with Crippen molar-refractivity contribution < 1.29 is 27.4 Å². The highest BCUT2D eigenvalue weighted by atomic mass is 19.4. The Morgan fingerprint density at radius 3 is 2.46 bits per heavy atom. The fourth-order valence-electron chi connectivity index (χ4n) is 2.10. The van der Waals surface area contributed by atoms with Crippen LogP contribution in [0.1, 0.15) is 21.5 Å². The van der Waals surface area contributed by atoms with Gasteiger partial charge in [-0.05, 0) is 35.9 Å². The summed E-state index contributed by atoms with van der Waals surface area (Å²) in [7, 11) is 1.56. The monoisotopic (exact) mass is 364 g/mol. The lowest BCUT2D eigenvalue weighted by Gasteiger charge is -2.12. The highest BCUT2D eigenvalue weighted by Crippen LogP contribution is 2.25. The van der Waals surface area contributed by atoms with E-state index in [4.69, 9.17) is 10.00 Å². The highest BCUT2D eigenvalue weighted by molar-refractivity contribution is 6.04. The van der Waals surface area contributed by atoms with Crippen molar-refractivity contribution in [1.82, 2.24) is 0 Å². The number of anilines is 1. The molecule has 0 aliphatic heterocycles. The fraction of sp³-hybridized carbons (Fsp3) is 0.222. The van der Waals surface area contributed by atoms with Crippen molar-refractivity contribution in [2.24, 2.45) is 0 Å². The zero-order chi connectivity index (χ0) is 19.2. The SMILES string of the molecule is COCc1ccc(C(=O)Nc2ccc(OCC(F)(F)F)c(C#N)c2)cc1. The van der Waals surface area contributed by atoms with E-state index in [9.17, 15) is 18.0 Å². The van der Waals surface area contributed by atoms with Crippen LogP contribution < -0.4 is 10.1 Å². The van der Waals surface area contributed by atoms with Crippen LogP contribution >= 0.6 is 0 Å². The topological polar surface area (TPSA) is 71.3 Å². The van der Waals surface area contributed by atoms with Gasteiger partial charge in [0, 0.05) is 18.4 Å². The molecule has 0 saturated heterocycles. The summed E-state index contributed by atoms with van der Waals surface area (Å²) in [6.07, 6.45) is -4.51. The summed E-state index contributed by atoms with van der Waals surface area (Å²) in [6, 6.07) is 12.3. The molecule has 0 saturated carbocycles. The molecule has 0 aromatic heterocycles. The largest absolute Gasteiger partial charge is 0.483 e. The predicted octanol–water partition coefficient (Wildman–Crippen LogP) is 3.90. The van der Waals surface area contributed by atoms with Crippen molar-refractivity contribution in [3.63, 3.8) is 0 Å². The average molecular weight is 364 g/mol. The van der Waals surface area contributed by atoms with E-state index in [0.717, 1.165) is 5.56 Å². The first-order valence-corrected chi connectivity index (χ1v) is 7.45. The minimum absolute atomic E-state index is 0.109. The number of methoxy groups -OCH3 is 1. The molecule has 0 bridgehead atoms. The van der Waals surface area contributed by atoms with Crippen molar-refractivity contribution >= 4 is 11.6 Å². The van der Waals surface area contributed by atoms with Gasteiger partial charge < -0.3 is 14.8 Å². The van der Waals surface area contributed by atoms with Crippen LogP contribution in [0.5, 0.6) is 5.75 Å².